The Hall–Kier alpha value is -0.570. The molecule has 1 atom stereocenters. The van der Waals surface area contributed by atoms with E-state index in [-0.39, 0.29) is 0 Å². The predicted molar refractivity (Wildman–Crippen MR) is 147 cm³/mol. The Morgan fingerprint density at radius 3 is 1.36 bits per heavy atom. The normalized spacial score (nSPS) is 12.5. The molecule has 1 N–H and O–H groups in total. The van der Waals surface area contributed by atoms with Gasteiger partial charge in [-0.25, -0.2) is 0 Å². The van der Waals surface area contributed by atoms with Crippen LogP contribution in [-0.4, -0.2) is 29.6 Å². The largest absolute Gasteiger partial charge is 0.387 e. The molecule has 0 aromatic heterocycles. The smallest absolute Gasteiger partial charge is 0.0916 e. The van der Waals surface area contributed by atoms with Gasteiger partial charge in [0.05, 0.1) is 6.10 Å². The fraction of sp³-hybridized carbons (Fsp3) is 0.800. The van der Waals surface area contributed by atoms with Gasteiger partial charge in [-0.1, -0.05) is 140 Å². The second-order valence-electron chi connectivity index (χ2n) is 10.0. The lowest BCUT2D eigenvalue weighted by molar-refractivity contribution is 0.110. The summed E-state index contributed by atoms with van der Waals surface area (Å²) in [6.07, 6.45) is 24.1. The number of nitrogens with zero attached hydrogens (tertiary/aromatic N) is 1. The Labute approximate surface area is 211 Å². The standard InChI is InChI=1S/C30H54ClNO/c1-3-5-7-9-11-13-15-17-19-25-32(26-20-18-16-14-12-10-8-6-4-2)27-30(33)28-21-23-29(31)24-22-28/h21-24,30,33H,3-20,25-27H2,1-2H3/t30-/m1/s1. The fourth-order valence-corrected chi connectivity index (χ4v) is 4.75. The summed E-state index contributed by atoms with van der Waals surface area (Å²) in [6, 6.07) is 7.68. The van der Waals surface area contributed by atoms with E-state index in [0.717, 1.165) is 30.2 Å². The summed E-state index contributed by atoms with van der Waals surface area (Å²) in [4.78, 5) is 2.50. The molecule has 1 rings (SSSR count). The van der Waals surface area contributed by atoms with Gasteiger partial charge in [-0.15, -0.1) is 0 Å². The Balaban J connectivity index is 2.28. The number of hydrogen-bond donors (Lipinski definition) is 1. The van der Waals surface area contributed by atoms with E-state index in [0.29, 0.717) is 0 Å². The SMILES string of the molecule is CCCCCCCCCCCN(CCCCCCCCCCC)C[C@@H](O)c1ccc(Cl)cc1. The summed E-state index contributed by atoms with van der Waals surface area (Å²) >= 11 is 6.02. The van der Waals surface area contributed by atoms with E-state index in [4.69, 9.17) is 11.6 Å². The van der Waals surface area contributed by atoms with Gasteiger partial charge in [0.2, 0.25) is 0 Å². The second-order valence-corrected chi connectivity index (χ2v) is 10.5. The van der Waals surface area contributed by atoms with Gasteiger partial charge in [-0.05, 0) is 43.6 Å². The van der Waals surface area contributed by atoms with Crippen molar-refractivity contribution >= 4 is 11.6 Å². The summed E-state index contributed by atoms with van der Waals surface area (Å²) in [6.45, 7) is 7.51. The molecule has 0 heterocycles. The van der Waals surface area contributed by atoms with Gasteiger partial charge in [-0.3, -0.25) is 0 Å². The molecule has 1 aromatic carbocycles. The zero-order valence-corrected chi connectivity index (χ0v) is 22.8. The molecular weight excluding hydrogens is 426 g/mol. The van der Waals surface area contributed by atoms with E-state index in [1.807, 2.05) is 24.3 Å². The van der Waals surface area contributed by atoms with Crippen LogP contribution in [-0.2, 0) is 0 Å². The van der Waals surface area contributed by atoms with E-state index < -0.39 is 6.10 Å². The maximum Gasteiger partial charge on any atom is 0.0916 e. The molecule has 0 aliphatic heterocycles. The third kappa shape index (κ3) is 17.5. The maximum absolute atomic E-state index is 10.8. The molecule has 192 valence electrons. The van der Waals surface area contributed by atoms with Gasteiger partial charge >= 0.3 is 0 Å². The zero-order valence-electron chi connectivity index (χ0n) is 22.0. The van der Waals surface area contributed by atoms with E-state index in [1.54, 1.807) is 0 Å². The average molecular weight is 480 g/mol. The van der Waals surface area contributed by atoms with E-state index >= 15 is 0 Å². The summed E-state index contributed by atoms with van der Waals surface area (Å²) in [5, 5.41) is 11.5. The number of rotatable bonds is 23. The van der Waals surface area contributed by atoms with Gasteiger partial charge in [-0.2, -0.15) is 0 Å². The van der Waals surface area contributed by atoms with Crippen molar-refractivity contribution in [3.8, 4) is 0 Å². The molecule has 0 spiro atoms. The highest BCUT2D eigenvalue weighted by molar-refractivity contribution is 6.30. The zero-order chi connectivity index (χ0) is 24.0. The lowest BCUT2D eigenvalue weighted by atomic mass is 10.1. The number of aliphatic hydroxyl groups is 1. The van der Waals surface area contributed by atoms with Crippen molar-refractivity contribution in [3.05, 3.63) is 34.9 Å². The number of halogens is 1. The minimum absolute atomic E-state index is 0.431. The first-order chi connectivity index (χ1) is 16.2. The van der Waals surface area contributed by atoms with Gasteiger partial charge in [0.1, 0.15) is 0 Å². The van der Waals surface area contributed by atoms with Crippen molar-refractivity contribution in [1.82, 2.24) is 4.90 Å². The molecule has 0 fully saturated rings. The topological polar surface area (TPSA) is 23.5 Å². The minimum Gasteiger partial charge on any atom is -0.387 e. The highest BCUT2D eigenvalue weighted by atomic mass is 35.5. The lowest BCUT2D eigenvalue weighted by Gasteiger charge is -2.25. The van der Waals surface area contributed by atoms with Gasteiger partial charge in [0.15, 0.2) is 0 Å². The van der Waals surface area contributed by atoms with Crippen LogP contribution in [0.3, 0.4) is 0 Å². The molecule has 0 aliphatic carbocycles. The Kier molecular flexibility index (Phi) is 20.2. The fourth-order valence-electron chi connectivity index (χ4n) is 4.62. The lowest BCUT2D eigenvalue weighted by Crippen LogP contribution is -2.31. The third-order valence-corrected chi connectivity index (χ3v) is 7.09. The Morgan fingerprint density at radius 1 is 0.606 bits per heavy atom. The molecule has 0 radical (unpaired) electrons. The Bertz CT molecular complexity index is 511. The van der Waals surface area contributed by atoms with Crippen LogP contribution in [0.2, 0.25) is 5.02 Å². The summed E-state index contributed by atoms with van der Waals surface area (Å²) in [5.41, 5.74) is 0.976. The summed E-state index contributed by atoms with van der Waals surface area (Å²) in [7, 11) is 0. The first-order valence-corrected chi connectivity index (χ1v) is 14.7. The third-order valence-electron chi connectivity index (χ3n) is 6.84. The molecule has 2 nitrogen and oxygen atoms in total. The van der Waals surface area contributed by atoms with Crippen LogP contribution in [0.15, 0.2) is 24.3 Å². The Morgan fingerprint density at radius 2 is 0.970 bits per heavy atom. The van der Waals surface area contributed by atoms with Crippen LogP contribution in [0.5, 0.6) is 0 Å². The van der Waals surface area contributed by atoms with Crippen LogP contribution in [0.25, 0.3) is 0 Å². The number of benzene rings is 1. The van der Waals surface area contributed by atoms with Crippen LogP contribution < -0.4 is 0 Å². The first-order valence-electron chi connectivity index (χ1n) is 14.3. The van der Waals surface area contributed by atoms with Crippen LogP contribution >= 0.6 is 11.6 Å². The van der Waals surface area contributed by atoms with Gasteiger partial charge in [0.25, 0.3) is 0 Å². The summed E-state index contributed by atoms with van der Waals surface area (Å²) < 4.78 is 0. The highest BCUT2D eigenvalue weighted by Gasteiger charge is 2.13. The van der Waals surface area contributed by atoms with E-state index in [1.165, 1.54) is 116 Å². The molecule has 33 heavy (non-hydrogen) atoms. The number of hydrogen-bond acceptors (Lipinski definition) is 2. The average Bonchev–Trinajstić information content (AvgIpc) is 2.82. The molecule has 0 unspecified atom stereocenters. The molecule has 0 amide bonds. The van der Waals surface area contributed by atoms with Crippen LogP contribution in [0, 0.1) is 0 Å². The van der Waals surface area contributed by atoms with Gasteiger partial charge in [0, 0.05) is 11.6 Å². The molecule has 3 heteroatoms. The molecule has 0 saturated carbocycles. The monoisotopic (exact) mass is 479 g/mol. The van der Waals surface area contributed by atoms with Gasteiger partial charge < -0.3 is 10.0 Å². The molecule has 0 bridgehead atoms. The van der Waals surface area contributed by atoms with Crippen molar-refractivity contribution in [3.63, 3.8) is 0 Å². The predicted octanol–water partition coefficient (Wildman–Crippen LogP) is 9.74. The van der Waals surface area contributed by atoms with E-state index in [2.05, 4.69) is 18.7 Å². The maximum atomic E-state index is 10.8. The highest BCUT2D eigenvalue weighted by Crippen LogP contribution is 2.19. The molecule has 0 saturated heterocycles. The quantitative estimate of drug-likeness (QED) is 0.158. The van der Waals surface area contributed by atoms with Crippen molar-refractivity contribution in [2.75, 3.05) is 19.6 Å². The minimum atomic E-state index is -0.431. The van der Waals surface area contributed by atoms with Crippen molar-refractivity contribution < 1.29 is 5.11 Å². The van der Waals surface area contributed by atoms with Crippen molar-refractivity contribution in [2.45, 2.75) is 136 Å². The molecule has 1 aromatic rings. The summed E-state index contributed by atoms with van der Waals surface area (Å²) in [5.74, 6) is 0. The van der Waals surface area contributed by atoms with Crippen molar-refractivity contribution in [2.24, 2.45) is 0 Å². The molecule has 0 aliphatic rings. The van der Waals surface area contributed by atoms with Crippen LogP contribution in [0.4, 0.5) is 0 Å². The second kappa shape index (κ2) is 21.9. The first kappa shape index (κ1) is 30.5. The molecular formula is C30H54ClNO. The van der Waals surface area contributed by atoms with Crippen molar-refractivity contribution in [1.29, 1.82) is 0 Å². The number of unbranched alkanes of at least 4 members (excludes halogenated alkanes) is 16. The number of aliphatic hydroxyl groups excluding tert-OH is 1. The van der Waals surface area contributed by atoms with Crippen LogP contribution in [0.1, 0.15) is 141 Å². The van der Waals surface area contributed by atoms with E-state index in [9.17, 15) is 5.11 Å².